The standard InChI is InChI=1S/C23H24FN3O4/c1-15-23(30)27(19-4-2-3-5-20(19)31-15)14-21(28)26-12-10-18(11-13-26)25-22(29)16-6-8-17(24)9-7-16/h2-9,15,18H,10-14H2,1H3,(H,25,29). The van der Waals surface area contributed by atoms with Crippen LogP contribution in [0.2, 0.25) is 0 Å². The lowest BCUT2D eigenvalue weighted by Crippen LogP contribution is -2.52. The molecule has 1 fully saturated rings. The number of carbonyl (C=O) groups is 3. The number of piperidine rings is 1. The summed E-state index contributed by atoms with van der Waals surface area (Å²) >= 11 is 0. The molecule has 2 aromatic carbocycles. The van der Waals surface area contributed by atoms with Crippen molar-refractivity contribution >= 4 is 23.4 Å². The Morgan fingerprint density at radius 3 is 2.48 bits per heavy atom. The summed E-state index contributed by atoms with van der Waals surface area (Å²) in [4.78, 5) is 41.0. The first-order chi connectivity index (χ1) is 14.9. The summed E-state index contributed by atoms with van der Waals surface area (Å²) in [5, 5.41) is 2.94. The molecule has 0 spiro atoms. The third kappa shape index (κ3) is 4.52. The second kappa shape index (κ2) is 8.75. The van der Waals surface area contributed by atoms with Crippen LogP contribution >= 0.6 is 0 Å². The van der Waals surface area contributed by atoms with Crippen LogP contribution in [0.15, 0.2) is 48.5 Å². The molecule has 2 aromatic rings. The van der Waals surface area contributed by atoms with E-state index in [0.717, 1.165) is 0 Å². The zero-order valence-electron chi connectivity index (χ0n) is 17.2. The van der Waals surface area contributed by atoms with Gasteiger partial charge in [-0.1, -0.05) is 12.1 Å². The van der Waals surface area contributed by atoms with Crippen molar-refractivity contribution in [3.63, 3.8) is 0 Å². The molecule has 162 valence electrons. The van der Waals surface area contributed by atoms with Gasteiger partial charge < -0.3 is 15.0 Å². The molecular weight excluding hydrogens is 401 g/mol. The molecule has 2 aliphatic rings. The van der Waals surface area contributed by atoms with Gasteiger partial charge in [-0.3, -0.25) is 19.3 Å². The molecule has 0 aliphatic carbocycles. The van der Waals surface area contributed by atoms with Crippen LogP contribution in [0.5, 0.6) is 5.75 Å². The highest BCUT2D eigenvalue weighted by Crippen LogP contribution is 2.33. The number of fused-ring (bicyclic) bond motifs is 1. The van der Waals surface area contributed by atoms with Crippen LogP contribution in [0, 0.1) is 5.82 Å². The molecule has 3 amide bonds. The normalized spacial score (nSPS) is 18.9. The smallest absolute Gasteiger partial charge is 0.268 e. The predicted molar refractivity (Wildman–Crippen MR) is 112 cm³/mol. The van der Waals surface area contributed by atoms with Gasteiger partial charge in [0.05, 0.1) is 5.69 Å². The lowest BCUT2D eigenvalue weighted by atomic mass is 10.0. The first-order valence-corrected chi connectivity index (χ1v) is 10.3. The number of para-hydroxylation sites is 2. The maximum Gasteiger partial charge on any atom is 0.268 e. The molecule has 1 saturated heterocycles. The summed E-state index contributed by atoms with van der Waals surface area (Å²) in [6.07, 6.45) is 0.584. The lowest BCUT2D eigenvalue weighted by molar-refractivity contribution is -0.133. The number of ether oxygens (including phenoxy) is 1. The molecule has 4 rings (SSSR count). The van der Waals surface area contributed by atoms with E-state index in [2.05, 4.69) is 5.32 Å². The van der Waals surface area contributed by atoms with Crippen molar-refractivity contribution in [2.24, 2.45) is 0 Å². The zero-order chi connectivity index (χ0) is 22.0. The number of likely N-dealkylation sites (tertiary alicyclic amines) is 1. The molecule has 1 N–H and O–H groups in total. The molecule has 7 nitrogen and oxygen atoms in total. The maximum absolute atomic E-state index is 13.0. The Morgan fingerprint density at radius 1 is 1.10 bits per heavy atom. The van der Waals surface area contributed by atoms with Gasteiger partial charge in [0.25, 0.3) is 11.8 Å². The van der Waals surface area contributed by atoms with E-state index >= 15 is 0 Å². The number of benzene rings is 2. The highest BCUT2D eigenvalue weighted by Gasteiger charge is 2.34. The van der Waals surface area contributed by atoms with Crippen LogP contribution in [0.25, 0.3) is 0 Å². The van der Waals surface area contributed by atoms with Crippen molar-refractivity contribution in [1.29, 1.82) is 0 Å². The summed E-state index contributed by atoms with van der Waals surface area (Å²) in [7, 11) is 0. The van der Waals surface area contributed by atoms with Gasteiger partial charge >= 0.3 is 0 Å². The van der Waals surface area contributed by atoms with E-state index in [1.165, 1.54) is 29.2 Å². The molecule has 1 unspecified atom stereocenters. The molecule has 2 aliphatic heterocycles. The average Bonchev–Trinajstić information content (AvgIpc) is 2.77. The highest BCUT2D eigenvalue weighted by molar-refractivity contribution is 6.03. The minimum atomic E-state index is -0.643. The molecule has 0 saturated carbocycles. The SMILES string of the molecule is CC1Oc2ccccc2N(CC(=O)N2CCC(NC(=O)c3ccc(F)cc3)CC2)C1=O. The number of amides is 3. The van der Waals surface area contributed by atoms with Crippen LogP contribution in [0.3, 0.4) is 0 Å². The highest BCUT2D eigenvalue weighted by atomic mass is 19.1. The molecule has 0 bridgehead atoms. The van der Waals surface area contributed by atoms with Crippen molar-refractivity contribution in [3.8, 4) is 5.75 Å². The minimum absolute atomic E-state index is 0.0455. The maximum atomic E-state index is 13.0. The molecule has 2 heterocycles. The van der Waals surface area contributed by atoms with Crippen LogP contribution in [0.4, 0.5) is 10.1 Å². The number of nitrogens with one attached hydrogen (secondary N) is 1. The number of nitrogens with zero attached hydrogens (tertiary/aromatic N) is 2. The van der Waals surface area contributed by atoms with E-state index in [1.54, 1.807) is 30.0 Å². The second-order valence-electron chi connectivity index (χ2n) is 7.79. The largest absolute Gasteiger partial charge is 0.479 e. The number of hydrogen-bond donors (Lipinski definition) is 1. The Bertz CT molecular complexity index is 987. The van der Waals surface area contributed by atoms with Gasteiger partial charge in [0.2, 0.25) is 5.91 Å². The van der Waals surface area contributed by atoms with Crippen LogP contribution in [-0.2, 0) is 9.59 Å². The summed E-state index contributed by atoms with van der Waals surface area (Å²) in [6.45, 7) is 2.60. The van der Waals surface area contributed by atoms with E-state index in [4.69, 9.17) is 4.74 Å². The van der Waals surface area contributed by atoms with Gasteiger partial charge in [0.1, 0.15) is 18.1 Å². The average molecular weight is 425 g/mol. The van der Waals surface area contributed by atoms with Crippen LogP contribution < -0.4 is 15.0 Å². The third-order valence-corrected chi connectivity index (χ3v) is 5.66. The molecule has 0 radical (unpaired) electrons. The van der Waals surface area contributed by atoms with Crippen molar-refractivity contribution < 1.29 is 23.5 Å². The fourth-order valence-corrected chi connectivity index (χ4v) is 3.90. The Hall–Kier alpha value is -3.42. The van der Waals surface area contributed by atoms with Gasteiger partial charge in [-0.15, -0.1) is 0 Å². The van der Waals surface area contributed by atoms with Gasteiger partial charge in [-0.25, -0.2) is 4.39 Å². The Balaban J connectivity index is 1.33. The summed E-state index contributed by atoms with van der Waals surface area (Å²) < 4.78 is 18.6. The van der Waals surface area contributed by atoms with E-state index in [9.17, 15) is 18.8 Å². The molecule has 0 aromatic heterocycles. The lowest BCUT2D eigenvalue weighted by Gasteiger charge is -2.36. The second-order valence-corrected chi connectivity index (χ2v) is 7.79. The summed E-state index contributed by atoms with van der Waals surface area (Å²) in [5.74, 6) is -0.438. The van der Waals surface area contributed by atoms with Gasteiger partial charge in [0.15, 0.2) is 6.10 Å². The number of hydrogen-bond acceptors (Lipinski definition) is 4. The van der Waals surface area contributed by atoms with Gasteiger partial charge in [0, 0.05) is 24.7 Å². The number of carbonyl (C=O) groups excluding carboxylic acids is 3. The third-order valence-electron chi connectivity index (χ3n) is 5.66. The Morgan fingerprint density at radius 2 is 1.77 bits per heavy atom. The first kappa shape index (κ1) is 20.8. The van der Waals surface area contributed by atoms with Gasteiger partial charge in [-0.05, 0) is 56.2 Å². The molecular formula is C23H24FN3O4. The Labute approximate surface area is 179 Å². The topological polar surface area (TPSA) is 79.0 Å². The van der Waals surface area contributed by atoms with Crippen molar-refractivity contribution in [2.75, 3.05) is 24.5 Å². The van der Waals surface area contributed by atoms with E-state index in [0.29, 0.717) is 42.9 Å². The monoisotopic (exact) mass is 425 g/mol. The Kier molecular flexibility index (Phi) is 5.88. The molecule has 1 atom stereocenters. The molecule has 31 heavy (non-hydrogen) atoms. The first-order valence-electron chi connectivity index (χ1n) is 10.3. The minimum Gasteiger partial charge on any atom is -0.479 e. The quantitative estimate of drug-likeness (QED) is 0.816. The summed E-state index contributed by atoms with van der Waals surface area (Å²) in [6, 6.07) is 12.5. The van der Waals surface area contributed by atoms with E-state index in [1.807, 2.05) is 6.07 Å². The number of anilines is 1. The predicted octanol–water partition coefficient (Wildman–Crippen LogP) is 2.36. The van der Waals surface area contributed by atoms with Gasteiger partial charge in [-0.2, -0.15) is 0 Å². The van der Waals surface area contributed by atoms with E-state index < -0.39 is 6.10 Å². The van der Waals surface area contributed by atoms with Crippen molar-refractivity contribution in [2.45, 2.75) is 31.9 Å². The van der Waals surface area contributed by atoms with Crippen LogP contribution in [0.1, 0.15) is 30.1 Å². The zero-order valence-corrected chi connectivity index (χ0v) is 17.2. The van der Waals surface area contributed by atoms with Crippen molar-refractivity contribution in [1.82, 2.24) is 10.2 Å². The van der Waals surface area contributed by atoms with Crippen molar-refractivity contribution in [3.05, 3.63) is 59.9 Å². The number of halogens is 1. The molecule has 8 heteroatoms. The van der Waals surface area contributed by atoms with E-state index in [-0.39, 0.29) is 36.1 Å². The fourth-order valence-electron chi connectivity index (χ4n) is 3.90. The number of rotatable bonds is 4. The summed E-state index contributed by atoms with van der Waals surface area (Å²) in [5.41, 5.74) is 0.999. The fraction of sp³-hybridized carbons (Fsp3) is 0.348. The van der Waals surface area contributed by atoms with Crippen LogP contribution in [-0.4, -0.2) is 54.4 Å².